The Morgan fingerprint density at radius 2 is 2.16 bits per heavy atom. The Hall–Kier alpha value is -1.81. The Bertz CT molecular complexity index is 448. The first-order valence-electron chi connectivity index (χ1n) is 6.33. The molecule has 1 amide bonds. The van der Waals surface area contributed by atoms with Crippen molar-refractivity contribution >= 4 is 12.2 Å². The number of nitrogens with one attached hydrogen (secondary N) is 1. The lowest BCUT2D eigenvalue weighted by atomic mass is 10.1. The third kappa shape index (κ3) is 6.62. The molecule has 0 heterocycles. The van der Waals surface area contributed by atoms with Crippen molar-refractivity contribution < 1.29 is 9.53 Å². The molecule has 0 spiro atoms. The number of rotatable bonds is 4. The summed E-state index contributed by atoms with van der Waals surface area (Å²) in [5.41, 5.74) is 7.02. The summed E-state index contributed by atoms with van der Waals surface area (Å²) in [5, 5.41) is 2.73. The van der Waals surface area contributed by atoms with Crippen LogP contribution in [0.15, 0.2) is 30.3 Å². The summed E-state index contributed by atoms with van der Waals surface area (Å²) in [6, 6.07) is 7.89. The molecule has 104 valence electrons. The van der Waals surface area contributed by atoms with E-state index >= 15 is 0 Å². The first-order valence-corrected chi connectivity index (χ1v) is 6.33. The fourth-order valence-electron chi connectivity index (χ4n) is 1.50. The van der Waals surface area contributed by atoms with E-state index in [0.29, 0.717) is 13.1 Å². The molecule has 0 aliphatic heterocycles. The van der Waals surface area contributed by atoms with Crippen LogP contribution in [-0.4, -0.2) is 18.2 Å². The second kappa shape index (κ2) is 6.95. The minimum Gasteiger partial charge on any atom is -0.444 e. The molecular formula is C15H22N2O2. The van der Waals surface area contributed by atoms with Gasteiger partial charge in [0.1, 0.15) is 5.60 Å². The average Bonchev–Trinajstić information content (AvgIpc) is 2.32. The Morgan fingerprint density at radius 1 is 1.42 bits per heavy atom. The van der Waals surface area contributed by atoms with Crippen molar-refractivity contribution in [3.05, 3.63) is 41.5 Å². The van der Waals surface area contributed by atoms with Crippen LogP contribution in [0.2, 0.25) is 0 Å². The SMILES string of the molecule is CC(C)(C)OC(=O)NCc1cccc(/C=C/CN)c1. The highest BCUT2D eigenvalue weighted by Gasteiger charge is 2.15. The van der Waals surface area contributed by atoms with Gasteiger partial charge in [0.15, 0.2) is 0 Å². The molecule has 0 fully saturated rings. The number of carbonyl (C=O) groups excluding carboxylic acids is 1. The van der Waals surface area contributed by atoms with Crippen molar-refractivity contribution in [1.82, 2.24) is 5.32 Å². The van der Waals surface area contributed by atoms with Gasteiger partial charge in [0.25, 0.3) is 0 Å². The maximum atomic E-state index is 11.5. The second-order valence-corrected chi connectivity index (χ2v) is 5.24. The molecule has 1 aromatic carbocycles. The Labute approximate surface area is 114 Å². The van der Waals surface area contributed by atoms with Crippen molar-refractivity contribution in [2.45, 2.75) is 32.9 Å². The second-order valence-electron chi connectivity index (χ2n) is 5.24. The van der Waals surface area contributed by atoms with E-state index in [0.717, 1.165) is 11.1 Å². The van der Waals surface area contributed by atoms with Crippen LogP contribution in [0, 0.1) is 0 Å². The summed E-state index contributed by atoms with van der Waals surface area (Å²) >= 11 is 0. The minimum absolute atomic E-state index is 0.407. The number of ether oxygens (including phenoxy) is 1. The highest BCUT2D eigenvalue weighted by Crippen LogP contribution is 2.09. The van der Waals surface area contributed by atoms with Crippen molar-refractivity contribution in [2.24, 2.45) is 5.73 Å². The lowest BCUT2D eigenvalue weighted by Gasteiger charge is -2.19. The molecule has 4 heteroatoms. The van der Waals surface area contributed by atoms with Gasteiger partial charge in [-0.1, -0.05) is 30.4 Å². The highest BCUT2D eigenvalue weighted by atomic mass is 16.6. The number of alkyl carbamates (subject to hydrolysis) is 1. The molecule has 4 nitrogen and oxygen atoms in total. The minimum atomic E-state index is -0.476. The Morgan fingerprint density at radius 3 is 2.79 bits per heavy atom. The number of nitrogens with two attached hydrogens (primary N) is 1. The Kier molecular flexibility index (Phi) is 5.57. The predicted molar refractivity (Wildman–Crippen MR) is 77.6 cm³/mol. The molecule has 0 saturated carbocycles. The van der Waals surface area contributed by atoms with Crippen LogP contribution in [0.5, 0.6) is 0 Å². The van der Waals surface area contributed by atoms with Gasteiger partial charge in [0.2, 0.25) is 0 Å². The van der Waals surface area contributed by atoms with Gasteiger partial charge in [-0.3, -0.25) is 0 Å². The normalized spacial score (nSPS) is 11.6. The average molecular weight is 262 g/mol. The highest BCUT2D eigenvalue weighted by molar-refractivity contribution is 5.67. The fraction of sp³-hybridized carbons (Fsp3) is 0.400. The molecule has 0 radical (unpaired) electrons. The van der Waals surface area contributed by atoms with Gasteiger partial charge in [-0.2, -0.15) is 0 Å². The standard InChI is InChI=1S/C15H22N2O2/c1-15(2,3)19-14(18)17-11-13-7-4-6-12(10-13)8-5-9-16/h4-8,10H,9,11,16H2,1-3H3,(H,17,18)/b8-5+. The number of carbonyl (C=O) groups is 1. The van der Waals surface area contributed by atoms with E-state index in [9.17, 15) is 4.79 Å². The lowest BCUT2D eigenvalue weighted by Crippen LogP contribution is -2.32. The van der Waals surface area contributed by atoms with Crippen LogP contribution >= 0.6 is 0 Å². The molecule has 0 atom stereocenters. The first kappa shape index (κ1) is 15.2. The molecule has 0 aliphatic carbocycles. The smallest absolute Gasteiger partial charge is 0.407 e. The van der Waals surface area contributed by atoms with E-state index in [1.165, 1.54) is 0 Å². The monoisotopic (exact) mass is 262 g/mol. The zero-order valence-corrected chi connectivity index (χ0v) is 11.8. The zero-order valence-electron chi connectivity index (χ0n) is 11.8. The lowest BCUT2D eigenvalue weighted by molar-refractivity contribution is 0.0523. The zero-order chi connectivity index (χ0) is 14.3. The van der Waals surface area contributed by atoms with Crippen LogP contribution in [0.4, 0.5) is 4.79 Å². The molecular weight excluding hydrogens is 240 g/mol. The first-order chi connectivity index (χ1) is 8.90. The molecule has 0 aromatic heterocycles. The molecule has 19 heavy (non-hydrogen) atoms. The summed E-state index contributed by atoms with van der Waals surface area (Å²) in [7, 11) is 0. The van der Waals surface area contributed by atoms with Gasteiger partial charge in [-0.15, -0.1) is 0 Å². The van der Waals surface area contributed by atoms with E-state index in [2.05, 4.69) is 5.32 Å². The van der Waals surface area contributed by atoms with Crippen molar-refractivity contribution in [2.75, 3.05) is 6.54 Å². The molecule has 0 saturated heterocycles. The van der Waals surface area contributed by atoms with Gasteiger partial charge >= 0.3 is 6.09 Å². The quantitative estimate of drug-likeness (QED) is 0.876. The third-order valence-corrected chi connectivity index (χ3v) is 2.23. The number of amides is 1. The fourth-order valence-corrected chi connectivity index (χ4v) is 1.50. The largest absolute Gasteiger partial charge is 0.444 e. The van der Waals surface area contributed by atoms with Crippen LogP contribution in [0.1, 0.15) is 31.9 Å². The van der Waals surface area contributed by atoms with Crippen LogP contribution in [-0.2, 0) is 11.3 Å². The summed E-state index contributed by atoms with van der Waals surface area (Å²) in [6.45, 7) is 6.47. The topological polar surface area (TPSA) is 64.3 Å². The maximum absolute atomic E-state index is 11.5. The molecule has 1 rings (SSSR count). The molecule has 1 aromatic rings. The van der Waals surface area contributed by atoms with E-state index in [1.807, 2.05) is 57.2 Å². The summed E-state index contributed by atoms with van der Waals surface area (Å²) in [5.74, 6) is 0. The van der Waals surface area contributed by atoms with Gasteiger partial charge < -0.3 is 15.8 Å². The predicted octanol–water partition coefficient (Wildman–Crippen LogP) is 2.68. The van der Waals surface area contributed by atoms with Crippen LogP contribution in [0.3, 0.4) is 0 Å². The Balaban J connectivity index is 2.54. The number of hydrogen-bond acceptors (Lipinski definition) is 3. The van der Waals surface area contributed by atoms with Gasteiger partial charge in [-0.05, 0) is 38.0 Å². The van der Waals surface area contributed by atoms with Crippen LogP contribution in [0.25, 0.3) is 6.08 Å². The maximum Gasteiger partial charge on any atom is 0.407 e. The summed E-state index contributed by atoms with van der Waals surface area (Å²) < 4.78 is 5.17. The molecule has 0 unspecified atom stereocenters. The molecule has 0 bridgehead atoms. The summed E-state index contributed by atoms with van der Waals surface area (Å²) in [4.78, 5) is 11.5. The van der Waals surface area contributed by atoms with Crippen molar-refractivity contribution in [3.63, 3.8) is 0 Å². The number of hydrogen-bond donors (Lipinski definition) is 2. The van der Waals surface area contributed by atoms with E-state index in [1.54, 1.807) is 0 Å². The van der Waals surface area contributed by atoms with Crippen molar-refractivity contribution in [3.8, 4) is 0 Å². The van der Waals surface area contributed by atoms with Gasteiger partial charge in [-0.25, -0.2) is 4.79 Å². The van der Waals surface area contributed by atoms with Gasteiger partial charge in [0, 0.05) is 13.1 Å². The summed E-state index contributed by atoms with van der Waals surface area (Å²) in [6.07, 6.45) is 3.44. The van der Waals surface area contributed by atoms with E-state index in [-0.39, 0.29) is 0 Å². The van der Waals surface area contributed by atoms with Gasteiger partial charge in [0.05, 0.1) is 0 Å². The van der Waals surface area contributed by atoms with Crippen molar-refractivity contribution in [1.29, 1.82) is 0 Å². The third-order valence-electron chi connectivity index (χ3n) is 2.23. The number of benzene rings is 1. The molecule has 3 N–H and O–H groups in total. The molecule has 0 aliphatic rings. The van der Waals surface area contributed by atoms with E-state index in [4.69, 9.17) is 10.5 Å². The van der Waals surface area contributed by atoms with Crippen LogP contribution < -0.4 is 11.1 Å². The van der Waals surface area contributed by atoms with E-state index < -0.39 is 11.7 Å².